The topological polar surface area (TPSA) is 41.9 Å². The number of likely N-dealkylation sites (tertiary alicyclic amines) is 1. The van der Waals surface area contributed by atoms with Crippen LogP contribution < -0.4 is 4.74 Å². The van der Waals surface area contributed by atoms with Gasteiger partial charge in [-0.3, -0.25) is 4.79 Å². The van der Waals surface area contributed by atoms with Crippen molar-refractivity contribution in [2.24, 2.45) is 4.99 Å². The molecule has 2 aliphatic heterocycles. The molecule has 0 saturated carbocycles. The number of carbonyl (C=O) groups excluding carboxylic acids is 1. The molecule has 0 aromatic heterocycles. The molecule has 0 bridgehead atoms. The first kappa shape index (κ1) is 15.9. The van der Waals surface area contributed by atoms with Crippen LogP contribution in [0.3, 0.4) is 0 Å². The van der Waals surface area contributed by atoms with Crippen molar-refractivity contribution in [2.45, 2.75) is 19.3 Å². The molecule has 0 spiro atoms. The number of benzene rings is 1. The van der Waals surface area contributed by atoms with E-state index in [1.807, 2.05) is 30.3 Å². The molecule has 0 unspecified atom stereocenters. The standard InChI is InChI=1S/C18H20N2O2S/c1-2-12-22-15-9-5-4-8-14(15)13-16-17(21)19-18(23-16)20-10-6-3-7-11-20/h2,4-5,8-9,13H,1,3,6-7,10-12H2. The second-order valence-electron chi connectivity index (χ2n) is 5.50. The summed E-state index contributed by atoms with van der Waals surface area (Å²) in [5.74, 6) is 0.591. The van der Waals surface area contributed by atoms with Gasteiger partial charge in [0, 0.05) is 18.7 Å². The molecule has 1 aromatic rings. The zero-order chi connectivity index (χ0) is 16.1. The Morgan fingerprint density at radius 3 is 2.83 bits per heavy atom. The lowest BCUT2D eigenvalue weighted by atomic mass is 10.1. The van der Waals surface area contributed by atoms with Crippen LogP contribution in [-0.2, 0) is 4.79 Å². The maximum atomic E-state index is 12.2. The van der Waals surface area contributed by atoms with Crippen LogP contribution in [0, 0.1) is 0 Å². The molecule has 0 radical (unpaired) electrons. The quantitative estimate of drug-likeness (QED) is 0.624. The van der Waals surface area contributed by atoms with Crippen LogP contribution in [0.1, 0.15) is 24.8 Å². The Kier molecular flexibility index (Phi) is 5.18. The number of rotatable bonds is 4. The normalized spacial score (nSPS) is 19.8. The fraction of sp³-hybridized carbons (Fsp3) is 0.333. The zero-order valence-corrected chi connectivity index (χ0v) is 13.8. The summed E-state index contributed by atoms with van der Waals surface area (Å²) in [6.45, 7) is 6.08. The van der Waals surface area contributed by atoms with Crippen molar-refractivity contribution < 1.29 is 9.53 Å². The summed E-state index contributed by atoms with van der Waals surface area (Å²) in [5.41, 5.74) is 0.889. The Morgan fingerprint density at radius 1 is 1.26 bits per heavy atom. The van der Waals surface area contributed by atoms with Crippen molar-refractivity contribution in [2.75, 3.05) is 19.7 Å². The highest BCUT2D eigenvalue weighted by Crippen LogP contribution is 2.33. The largest absolute Gasteiger partial charge is 0.489 e. The molecule has 0 atom stereocenters. The predicted octanol–water partition coefficient (Wildman–Crippen LogP) is 3.71. The minimum absolute atomic E-state index is 0.158. The first-order valence-corrected chi connectivity index (χ1v) is 8.70. The van der Waals surface area contributed by atoms with E-state index in [1.54, 1.807) is 6.08 Å². The Labute approximate surface area is 140 Å². The first-order chi connectivity index (χ1) is 11.3. The van der Waals surface area contributed by atoms with Crippen LogP contribution in [0.4, 0.5) is 0 Å². The van der Waals surface area contributed by atoms with Gasteiger partial charge in [-0.25, -0.2) is 0 Å². The lowest BCUT2D eigenvalue weighted by Crippen LogP contribution is -2.33. The monoisotopic (exact) mass is 328 g/mol. The Balaban J connectivity index is 1.76. The number of thioether (sulfide) groups is 1. The third kappa shape index (κ3) is 3.85. The van der Waals surface area contributed by atoms with Gasteiger partial charge in [0.25, 0.3) is 5.91 Å². The minimum Gasteiger partial charge on any atom is -0.489 e. The third-order valence-electron chi connectivity index (χ3n) is 3.80. The summed E-state index contributed by atoms with van der Waals surface area (Å²) >= 11 is 1.46. The lowest BCUT2D eigenvalue weighted by Gasteiger charge is -2.27. The highest BCUT2D eigenvalue weighted by Gasteiger charge is 2.27. The van der Waals surface area contributed by atoms with E-state index in [9.17, 15) is 4.79 Å². The summed E-state index contributed by atoms with van der Waals surface area (Å²) < 4.78 is 5.64. The number of piperidine rings is 1. The van der Waals surface area contributed by atoms with Gasteiger partial charge in [0.2, 0.25) is 0 Å². The SMILES string of the molecule is C=CCOc1ccccc1C=C1SC(N2CCCCC2)=NC1=O. The van der Waals surface area contributed by atoms with Gasteiger partial charge in [-0.1, -0.05) is 30.9 Å². The van der Waals surface area contributed by atoms with E-state index in [-0.39, 0.29) is 5.91 Å². The van der Waals surface area contributed by atoms with Gasteiger partial charge in [-0.05, 0) is 43.2 Å². The molecule has 5 heteroatoms. The Bertz CT molecular complexity index is 661. The summed E-state index contributed by atoms with van der Waals surface area (Å²) in [4.78, 5) is 19.3. The zero-order valence-electron chi connectivity index (χ0n) is 13.0. The average Bonchev–Trinajstić information content (AvgIpc) is 2.96. The van der Waals surface area contributed by atoms with E-state index in [0.717, 1.165) is 29.6 Å². The molecule has 1 aromatic carbocycles. The molecule has 0 aliphatic carbocycles. The Hall–Kier alpha value is -2.01. The molecule has 3 rings (SSSR count). The van der Waals surface area contributed by atoms with Gasteiger partial charge >= 0.3 is 0 Å². The van der Waals surface area contributed by atoms with E-state index in [1.165, 1.54) is 31.0 Å². The molecule has 4 nitrogen and oxygen atoms in total. The van der Waals surface area contributed by atoms with Gasteiger partial charge in [-0.2, -0.15) is 4.99 Å². The van der Waals surface area contributed by atoms with Gasteiger partial charge in [0.1, 0.15) is 12.4 Å². The molecular formula is C18H20N2O2S. The molecule has 2 heterocycles. The maximum Gasteiger partial charge on any atom is 0.286 e. The van der Waals surface area contributed by atoms with E-state index >= 15 is 0 Å². The van der Waals surface area contributed by atoms with E-state index in [4.69, 9.17) is 4.74 Å². The van der Waals surface area contributed by atoms with E-state index < -0.39 is 0 Å². The molecule has 120 valence electrons. The fourth-order valence-corrected chi connectivity index (χ4v) is 3.60. The molecule has 1 fully saturated rings. The van der Waals surface area contributed by atoms with Crippen molar-refractivity contribution in [3.8, 4) is 5.75 Å². The molecule has 1 amide bonds. The average molecular weight is 328 g/mol. The van der Waals surface area contributed by atoms with Crippen LogP contribution in [0.2, 0.25) is 0 Å². The summed E-state index contributed by atoms with van der Waals surface area (Å²) in [6, 6.07) is 7.69. The van der Waals surface area contributed by atoms with Crippen molar-refractivity contribution in [1.82, 2.24) is 4.90 Å². The number of nitrogens with zero attached hydrogens (tertiary/aromatic N) is 2. The first-order valence-electron chi connectivity index (χ1n) is 7.88. The predicted molar refractivity (Wildman–Crippen MR) is 95.6 cm³/mol. The molecule has 23 heavy (non-hydrogen) atoms. The second-order valence-corrected chi connectivity index (χ2v) is 6.50. The van der Waals surface area contributed by atoms with Crippen LogP contribution in [0.15, 0.2) is 46.8 Å². The van der Waals surface area contributed by atoms with Crippen LogP contribution in [-0.4, -0.2) is 35.7 Å². The molecule has 1 saturated heterocycles. The lowest BCUT2D eigenvalue weighted by molar-refractivity contribution is -0.113. The number of para-hydroxylation sites is 1. The van der Waals surface area contributed by atoms with Crippen molar-refractivity contribution >= 4 is 28.9 Å². The summed E-state index contributed by atoms with van der Waals surface area (Å²) in [5, 5.41) is 0.838. The van der Waals surface area contributed by atoms with Gasteiger partial charge < -0.3 is 9.64 Å². The van der Waals surface area contributed by atoms with Gasteiger partial charge in [0.15, 0.2) is 5.17 Å². The smallest absolute Gasteiger partial charge is 0.286 e. The van der Waals surface area contributed by atoms with Crippen molar-refractivity contribution in [3.05, 3.63) is 47.4 Å². The highest BCUT2D eigenvalue weighted by atomic mass is 32.2. The van der Waals surface area contributed by atoms with Gasteiger partial charge in [0.05, 0.1) is 4.91 Å². The van der Waals surface area contributed by atoms with Crippen LogP contribution in [0.25, 0.3) is 6.08 Å². The number of ether oxygens (including phenoxy) is 1. The molecule has 2 aliphatic rings. The van der Waals surface area contributed by atoms with Crippen molar-refractivity contribution in [3.63, 3.8) is 0 Å². The molecular weight excluding hydrogens is 308 g/mol. The highest BCUT2D eigenvalue weighted by molar-refractivity contribution is 8.18. The van der Waals surface area contributed by atoms with E-state index in [0.29, 0.717) is 11.5 Å². The minimum atomic E-state index is -0.158. The Morgan fingerprint density at radius 2 is 2.04 bits per heavy atom. The number of amidine groups is 1. The maximum absolute atomic E-state index is 12.2. The fourth-order valence-electron chi connectivity index (χ4n) is 2.64. The second kappa shape index (κ2) is 7.51. The number of amides is 1. The number of carbonyl (C=O) groups is 1. The molecule has 0 N–H and O–H groups in total. The summed E-state index contributed by atoms with van der Waals surface area (Å²) in [6.07, 6.45) is 7.18. The number of hydrogen-bond acceptors (Lipinski definition) is 4. The van der Waals surface area contributed by atoms with Gasteiger partial charge in [-0.15, -0.1) is 0 Å². The van der Waals surface area contributed by atoms with Crippen LogP contribution in [0.5, 0.6) is 5.75 Å². The third-order valence-corrected chi connectivity index (χ3v) is 4.84. The van der Waals surface area contributed by atoms with E-state index in [2.05, 4.69) is 16.5 Å². The van der Waals surface area contributed by atoms with Crippen molar-refractivity contribution in [1.29, 1.82) is 0 Å². The number of aliphatic imine (C=N–C) groups is 1. The van der Waals surface area contributed by atoms with Crippen LogP contribution >= 0.6 is 11.8 Å². The number of hydrogen-bond donors (Lipinski definition) is 0. The summed E-state index contributed by atoms with van der Waals surface area (Å²) in [7, 11) is 0.